The molecule has 0 aromatic carbocycles. The fourth-order valence-corrected chi connectivity index (χ4v) is 2.48. The van der Waals surface area contributed by atoms with Crippen molar-refractivity contribution in [2.45, 2.75) is 45.4 Å². The first-order valence-electron chi connectivity index (χ1n) is 6.43. The number of Topliss-reactive ketones (excluding diaryl/α,β-unsaturated/α-hetero) is 1. The summed E-state index contributed by atoms with van der Waals surface area (Å²) in [5, 5.41) is 0. The van der Waals surface area contributed by atoms with Gasteiger partial charge in [-0.05, 0) is 31.6 Å². The lowest BCUT2D eigenvalue weighted by Crippen LogP contribution is -2.18. The average Bonchev–Trinajstić information content (AvgIpc) is 2.66. The molecule has 96 valence electrons. The molecule has 2 unspecified atom stereocenters. The molecule has 0 aromatic rings. The normalized spacial score (nSPS) is 24.5. The Labute approximate surface area is 103 Å². The lowest BCUT2D eigenvalue weighted by Gasteiger charge is -2.16. The smallest absolute Gasteiger partial charge is 0.305 e. The topological polar surface area (TPSA) is 43.4 Å². The van der Waals surface area contributed by atoms with Crippen molar-refractivity contribution in [2.24, 2.45) is 11.8 Å². The highest BCUT2D eigenvalue weighted by atomic mass is 16.5. The Morgan fingerprint density at radius 2 is 2.24 bits per heavy atom. The average molecular weight is 238 g/mol. The molecule has 0 heterocycles. The Bertz CT molecular complexity index is 294. The van der Waals surface area contributed by atoms with Crippen molar-refractivity contribution >= 4 is 11.8 Å². The number of hydrogen-bond donors (Lipinski definition) is 0. The molecule has 0 spiro atoms. The predicted octanol–water partition coefficient (Wildman–Crippen LogP) is 2.89. The van der Waals surface area contributed by atoms with E-state index in [2.05, 4.69) is 23.8 Å². The maximum Gasteiger partial charge on any atom is 0.305 e. The molecule has 1 aliphatic carbocycles. The van der Waals surface area contributed by atoms with Gasteiger partial charge >= 0.3 is 5.97 Å². The van der Waals surface area contributed by atoms with Crippen molar-refractivity contribution in [1.82, 2.24) is 0 Å². The highest BCUT2D eigenvalue weighted by Crippen LogP contribution is 2.34. The molecule has 2 atom stereocenters. The number of hydrogen-bond acceptors (Lipinski definition) is 3. The standard InChI is InChI=1S/C14H22O3/c1-3-4-5-6-7-12-11(8-9-13(12)15)10-14(16)17-2/h4-5,11-12H,3,6-10H2,1-2H3. The molecule has 0 radical (unpaired) electrons. The second kappa shape index (κ2) is 7.25. The number of rotatable bonds is 6. The van der Waals surface area contributed by atoms with E-state index < -0.39 is 0 Å². The van der Waals surface area contributed by atoms with Crippen LogP contribution in [0.25, 0.3) is 0 Å². The Morgan fingerprint density at radius 1 is 1.47 bits per heavy atom. The number of methoxy groups -OCH3 is 1. The molecule has 0 aromatic heterocycles. The van der Waals surface area contributed by atoms with Gasteiger partial charge in [-0.15, -0.1) is 0 Å². The molecule has 17 heavy (non-hydrogen) atoms. The monoisotopic (exact) mass is 238 g/mol. The molecular formula is C14H22O3. The van der Waals surface area contributed by atoms with Crippen molar-refractivity contribution < 1.29 is 14.3 Å². The summed E-state index contributed by atoms with van der Waals surface area (Å²) in [6.45, 7) is 2.09. The van der Waals surface area contributed by atoms with E-state index >= 15 is 0 Å². The van der Waals surface area contributed by atoms with Crippen molar-refractivity contribution in [3.63, 3.8) is 0 Å². The van der Waals surface area contributed by atoms with Crippen LogP contribution >= 0.6 is 0 Å². The largest absolute Gasteiger partial charge is 0.469 e. The van der Waals surface area contributed by atoms with E-state index in [0.29, 0.717) is 18.6 Å². The van der Waals surface area contributed by atoms with E-state index in [1.165, 1.54) is 7.11 Å². The number of esters is 1. The Kier molecular flexibility index (Phi) is 5.95. The summed E-state index contributed by atoms with van der Waals surface area (Å²) >= 11 is 0. The molecule has 3 nitrogen and oxygen atoms in total. The van der Waals surface area contributed by atoms with E-state index in [1.54, 1.807) is 0 Å². The number of carbonyl (C=O) groups excluding carboxylic acids is 2. The van der Waals surface area contributed by atoms with E-state index in [4.69, 9.17) is 0 Å². The molecule has 3 heteroatoms. The van der Waals surface area contributed by atoms with Gasteiger partial charge < -0.3 is 4.74 Å². The third kappa shape index (κ3) is 4.33. The van der Waals surface area contributed by atoms with Gasteiger partial charge in [0.15, 0.2) is 0 Å². The summed E-state index contributed by atoms with van der Waals surface area (Å²) in [4.78, 5) is 23.0. The predicted molar refractivity (Wildman–Crippen MR) is 66.5 cm³/mol. The quantitative estimate of drug-likeness (QED) is 0.528. The Morgan fingerprint density at radius 3 is 2.88 bits per heavy atom. The summed E-state index contributed by atoms with van der Waals surface area (Å²) in [6, 6.07) is 0. The van der Waals surface area contributed by atoms with Crippen LogP contribution in [-0.4, -0.2) is 18.9 Å². The van der Waals surface area contributed by atoms with Crippen LogP contribution in [0.15, 0.2) is 12.2 Å². The van der Waals surface area contributed by atoms with Crippen LogP contribution in [0, 0.1) is 11.8 Å². The zero-order chi connectivity index (χ0) is 12.7. The van der Waals surface area contributed by atoms with Crippen molar-refractivity contribution in [3.05, 3.63) is 12.2 Å². The second-order valence-corrected chi connectivity index (χ2v) is 4.61. The van der Waals surface area contributed by atoms with Gasteiger partial charge in [0.05, 0.1) is 7.11 Å². The zero-order valence-corrected chi connectivity index (χ0v) is 10.8. The molecule has 1 aliphatic rings. The summed E-state index contributed by atoms with van der Waals surface area (Å²) < 4.78 is 4.67. The minimum atomic E-state index is -0.196. The summed E-state index contributed by atoms with van der Waals surface area (Å²) in [5.41, 5.74) is 0. The number of ether oxygens (including phenoxy) is 1. The first-order chi connectivity index (χ1) is 8.19. The SMILES string of the molecule is CCC=CCCC1C(=O)CCC1CC(=O)OC. The fourth-order valence-electron chi connectivity index (χ4n) is 2.48. The Balaban J connectivity index is 2.44. The van der Waals surface area contributed by atoms with Crippen molar-refractivity contribution in [1.29, 1.82) is 0 Å². The van der Waals surface area contributed by atoms with Gasteiger partial charge in [0.25, 0.3) is 0 Å². The molecule has 0 aliphatic heterocycles. The first-order valence-corrected chi connectivity index (χ1v) is 6.43. The number of carbonyl (C=O) groups is 2. The van der Waals surface area contributed by atoms with Gasteiger partial charge in [-0.25, -0.2) is 0 Å². The van der Waals surface area contributed by atoms with Crippen LogP contribution in [0.2, 0.25) is 0 Å². The molecule has 0 bridgehead atoms. The van der Waals surface area contributed by atoms with E-state index in [0.717, 1.165) is 25.7 Å². The maximum absolute atomic E-state index is 11.7. The summed E-state index contributed by atoms with van der Waals surface area (Å²) in [6.07, 6.45) is 8.95. The van der Waals surface area contributed by atoms with Crippen LogP contribution < -0.4 is 0 Å². The molecule has 0 N–H and O–H groups in total. The zero-order valence-electron chi connectivity index (χ0n) is 10.8. The van der Waals surface area contributed by atoms with Crippen LogP contribution in [0.3, 0.4) is 0 Å². The summed E-state index contributed by atoms with van der Waals surface area (Å²) in [5.74, 6) is 0.392. The highest BCUT2D eigenvalue weighted by Gasteiger charge is 2.35. The lowest BCUT2D eigenvalue weighted by molar-refractivity contribution is -0.142. The minimum absolute atomic E-state index is 0.0654. The molecule has 0 amide bonds. The molecular weight excluding hydrogens is 216 g/mol. The fraction of sp³-hybridized carbons (Fsp3) is 0.714. The molecule has 0 saturated heterocycles. The van der Waals surface area contributed by atoms with Gasteiger partial charge in [0, 0.05) is 18.8 Å². The van der Waals surface area contributed by atoms with Crippen LogP contribution in [-0.2, 0) is 14.3 Å². The molecule has 1 fully saturated rings. The van der Waals surface area contributed by atoms with Crippen LogP contribution in [0.1, 0.15) is 45.4 Å². The highest BCUT2D eigenvalue weighted by molar-refractivity contribution is 5.84. The third-order valence-corrected chi connectivity index (χ3v) is 3.45. The number of allylic oxidation sites excluding steroid dienone is 2. The van der Waals surface area contributed by atoms with Gasteiger partial charge in [-0.3, -0.25) is 9.59 Å². The van der Waals surface area contributed by atoms with Crippen LogP contribution in [0.5, 0.6) is 0 Å². The first kappa shape index (κ1) is 13.9. The molecule has 1 rings (SSSR count). The van der Waals surface area contributed by atoms with E-state index in [-0.39, 0.29) is 17.8 Å². The Hall–Kier alpha value is -1.12. The van der Waals surface area contributed by atoms with Crippen LogP contribution in [0.4, 0.5) is 0 Å². The van der Waals surface area contributed by atoms with E-state index in [1.807, 2.05) is 0 Å². The van der Waals surface area contributed by atoms with E-state index in [9.17, 15) is 9.59 Å². The van der Waals surface area contributed by atoms with Gasteiger partial charge in [0.2, 0.25) is 0 Å². The lowest BCUT2D eigenvalue weighted by atomic mass is 9.88. The molecule has 1 saturated carbocycles. The van der Waals surface area contributed by atoms with Crippen molar-refractivity contribution in [3.8, 4) is 0 Å². The maximum atomic E-state index is 11.7. The van der Waals surface area contributed by atoms with Gasteiger partial charge in [-0.1, -0.05) is 19.1 Å². The van der Waals surface area contributed by atoms with Gasteiger partial charge in [-0.2, -0.15) is 0 Å². The van der Waals surface area contributed by atoms with Crippen molar-refractivity contribution in [2.75, 3.05) is 7.11 Å². The number of ketones is 1. The third-order valence-electron chi connectivity index (χ3n) is 3.45. The van der Waals surface area contributed by atoms with Gasteiger partial charge in [0.1, 0.15) is 5.78 Å². The minimum Gasteiger partial charge on any atom is -0.469 e. The summed E-state index contributed by atoms with van der Waals surface area (Å²) in [7, 11) is 1.40. The second-order valence-electron chi connectivity index (χ2n) is 4.61.